The highest BCUT2D eigenvalue weighted by molar-refractivity contribution is 7.92. The molecule has 2 aromatic carbocycles. The number of nitrogens with one attached hydrogen (secondary N) is 1. The number of likely N-dealkylation sites (N-methyl/N-ethyl adjacent to an activating group) is 1. The Morgan fingerprint density at radius 2 is 1.81 bits per heavy atom. The van der Waals surface area contributed by atoms with Crippen LogP contribution in [0.4, 0.5) is 11.4 Å². The monoisotopic (exact) mass is 390 g/mol. The third kappa shape index (κ3) is 5.82. The van der Waals surface area contributed by atoms with Crippen molar-refractivity contribution in [2.75, 3.05) is 29.0 Å². The largest absolute Gasteiger partial charge is 0.452 e. The molecule has 7 nitrogen and oxygen atoms in total. The number of sulfonamides is 1. The van der Waals surface area contributed by atoms with Gasteiger partial charge < -0.3 is 9.64 Å². The fourth-order valence-electron chi connectivity index (χ4n) is 2.56. The van der Waals surface area contributed by atoms with Crippen molar-refractivity contribution in [3.05, 3.63) is 59.7 Å². The highest BCUT2D eigenvalue weighted by Crippen LogP contribution is 2.19. The molecule has 144 valence electrons. The molecule has 27 heavy (non-hydrogen) atoms. The highest BCUT2D eigenvalue weighted by atomic mass is 32.2. The molecule has 0 saturated carbocycles. The van der Waals surface area contributed by atoms with Gasteiger partial charge in [0.25, 0.3) is 5.91 Å². The molecule has 0 aliphatic rings. The number of amides is 1. The van der Waals surface area contributed by atoms with Crippen molar-refractivity contribution in [2.45, 2.75) is 13.8 Å². The minimum atomic E-state index is -3.46. The summed E-state index contributed by atoms with van der Waals surface area (Å²) < 4.78 is 30.0. The minimum Gasteiger partial charge on any atom is -0.452 e. The number of nitrogens with zero attached hydrogens (tertiary/aromatic N) is 1. The van der Waals surface area contributed by atoms with Crippen LogP contribution in [-0.2, 0) is 19.6 Å². The Hall–Kier alpha value is -2.87. The van der Waals surface area contributed by atoms with Gasteiger partial charge in [0.05, 0.1) is 11.8 Å². The maximum atomic E-state index is 12.5. The van der Waals surface area contributed by atoms with E-state index in [0.29, 0.717) is 6.54 Å². The van der Waals surface area contributed by atoms with Crippen LogP contribution in [0.5, 0.6) is 0 Å². The van der Waals surface area contributed by atoms with Gasteiger partial charge in [0.2, 0.25) is 10.0 Å². The molecule has 0 spiro atoms. The maximum absolute atomic E-state index is 12.5. The lowest BCUT2D eigenvalue weighted by Gasteiger charge is -2.22. The van der Waals surface area contributed by atoms with E-state index in [0.717, 1.165) is 17.5 Å². The number of benzene rings is 2. The summed E-state index contributed by atoms with van der Waals surface area (Å²) >= 11 is 0. The Labute approximate surface area is 159 Å². The first kappa shape index (κ1) is 20.4. The van der Waals surface area contributed by atoms with Gasteiger partial charge in [0.1, 0.15) is 0 Å². The van der Waals surface area contributed by atoms with Crippen molar-refractivity contribution in [1.29, 1.82) is 0 Å². The molecule has 0 saturated heterocycles. The van der Waals surface area contributed by atoms with E-state index in [4.69, 9.17) is 4.74 Å². The second kappa shape index (κ2) is 8.68. The molecule has 0 unspecified atom stereocenters. The molecular formula is C19H22N2O5S. The van der Waals surface area contributed by atoms with Crippen LogP contribution in [0.3, 0.4) is 0 Å². The van der Waals surface area contributed by atoms with Crippen LogP contribution >= 0.6 is 0 Å². The summed E-state index contributed by atoms with van der Waals surface area (Å²) in [7, 11) is -3.46. The van der Waals surface area contributed by atoms with Gasteiger partial charge in [-0.2, -0.15) is 0 Å². The Morgan fingerprint density at radius 3 is 2.44 bits per heavy atom. The van der Waals surface area contributed by atoms with Gasteiger partial charge >= 0.3 is 5.97 Å². The topological polar surface area (TPSA) is 92.8 Å². The van der Waals surface area contributed by atoms with Crippen LogP contribution in [0.15, 0.2) is 48.5 Å². The lowest BCUT2D eigenvalue weighted by molar-refractivity contribution is -0.121. The first-order chi connectivity index (χ1) is 12.7. The summed E-state index contributed by atoms with van der Waals surface area (Å²) in [6, 6.07) is 13.3. The molecule has 0 aliphatic carbocycles. The zero-order valence-electron chi connectivity index (χ0n) is 15.4. The molecule has 0 fully saturated rings. The number of aryl methyl sites for hydroxylation is 1. The fourth-order valence-corrected chi connectivity index (χ4v) is 3.11. The van der Waals surface area contributed by atoms with Crippen molar-refractivity contribution in [3.8, 4) is 0 Å². The number of hydrogen-bond donors (Lipinski definition) is 1. The normalized spacial score (nSPS) is 10.9. The van der Waals surface area contributed by atoms with Crippen molar-refractivity contribution in [1.82, 2.24) is 0 Å². The third-order valence-corrected chi connectivity index (χ3v) is 4.36. The van der Waals surface area contributed by atoms with Crippen LogP contribution < -0.4 is 9.62 Å². The van der Waals surface area contributed by atoms with Crippen molar-refractivity contribution in [3.63, 3.8) is 0 Å². The fraction of sp³-hybridized carbons (Fsp3) is 0.263. The molecule has 8 heteroatoms. The van der Waals surface area contributed by atoms with Crippen LogP contribution in [0.1, 0.15) is 22.8 Å². The summed E-state index contributed by atoms with van der Waals surface area (Å²) in [6.45, 7) is 3.77. The average molecular weight is 390 g/mol. The molecular weight excluding hydrogens is 368 g/mol. The Morgan fingerprint density at radius 1 is 1.11 bits per heavy atom. The van der Waals surface area contributed by atoms with Crippen molar-refractivity contribution >= 4 is 33.3 Å². The maximum Gasteiger partial charge on any atom is 0.338 e. The predicted octanol–water partition coefficient (Wildman–Crippen LogP) is 2.58. The Kier molecular flexibility index (Phi) is 6.57. The highest BCUT2D eigenvalue weighted by Gasteiger charge is 2.18. The van der Waals surface area contributed by atoms with E-state index in [1.165, 1.54) is 24.3 Å². The van der Waals surface area contributed by atoms with Gasteiger partial charge in [-0.15, -0.1) is 0 Å². The Bertz CT molecular complexity index is 941. The van der Waals surface area contributed by atoms with Gasteiger partial charge in [-0.25, -0.2) is 13.2 Å². The SMILES string of the molecule is CCN(C(=O)COC(=O)c1cccc(NS(C)(=O)=O)c1)c1ccccc1C. The third-order valence-electron chi connectivity index (χ3n) is 3.75. The lowest BCUT2D eigenvalue weighted by atomic mass is 10.2. The van der Waals surface area contributed by atoms with E-state index in [1.54, 1.807) is 4.90 Å². The molecule has 1 N–H and O–H groups in total. The Balaban J connectivity index is 2.05. The van der Waals surface area contributed by atoms with E-state index in [-0.39, 0.29) is 17.2 Å². The first-order valence-electron chi connectivity index (χ1n) is 8.32. The van der Waals surface area contributed by atoms with Gasteiger partial charge in [0, 0.05) is 17.9 Å². The van der Waals surface area contributed by atoms with Crippen molar-refractivity contribution in [2.24, 2.45) is 0 Å². The quantitative estimate of drug-likeness (QED) is 0.734. The van der Waals surface area contributed by atoms with Crippen LogP contribution in [0.2, 0.25) is 0 Å². The number of carbonyl (C=O) groups excluding carboxylic acids is 2. The molecule has 0 heterocycles. The van der Waals surface area contributed by atoms with Gasteiger partial charge in [0.15, 0.2) is 6.61 Å². The number of esters is 1. The average Bonchev–Trinajstić information content (AvgIpc) is 2.60. The van der Waals surface area contributed by atoms with E-state index in [9.17, 15) is 18.0 Å². The second-order valence-electron chi connectivity index (χ2n) is 5.96. The number of ether oxygens (including phenoxy) is 1. The molecule has 0 aromatic heterocycles. The zero-order valence-corrected chi connectivity index (χ0v) is 16.2. The summed E-state index contributed by atoms with van der Waals surface area (Å²) in [5.41, 5.74) is 2.10. The van der Waals surface area contributed by atoms with Gasteiger partial charge in [-0.3, -0.25) is 9.52 Å². The molecule has 0 bridgehead atoms. The second-order valence-corrected chi connectivity index (χ2v) is 7.70. The van der Waals surface area contributed by atoms with Crippen LogP contribution in [0, 0.1) is 6.92 Å². The van der Waals surface area contributed by atoms with Crippen LogP contribution in [0.25, 0.3) is 0 Å². The summed E-state index contributed by atoms with van der Waals surface area (Å²) in [5, 5.41) is 0. The van der Waals surface area contributed by atoms with E-state index in [2.05, 4.69) is 4.72 Å². The number of para-hydroxylation sites is 1. The van der Waals surface area contributed by atoms with Crippen molar-refractivity contribution < 1.29 is 22.7 Å². The van der Waals surface area contributed by atoms with E-state index in [1.807, 2.05) is 38.1 Å². The van der Waals surface area contributed by atoms with E-state index < -0.39 is 22.6 Å². The number of hydrogen-bond acceptors (Lipinski definition) is 5. The number of carbonyl (C=O) groups is 2. The molecule has 2 rings (SSSR count). The first-order valence-corrected chi connectivity index (χ1v) is 10.2. The molecule has 0 aliphatic heterocycles. The molecule has 2 aromatic rings. The lowest BCUT2D eigenvalue weighted by Crippen LogP contribution is -2.35. The summed E-state index contributed by atoms with van der Waals surface area (Å²) in [4.78, 5) is 26.2. The zero-order chi connectivity index (χ0) is 20.0. The molecule has 0 atom stereocenters. The molecule has 0 radical (unpaired) electrons. The molecule has 1 amide bonds. The summed E-state index contributed by atoms with van der Waals surface area (Å²) in [5.74, 6) is -1.05. The number of rotatable bonds is 7. The minimum absolute atomic E-state index is 0.149. The van der Waals surface area contributed by atoms with Gasteiger partial charge in [-0.05, 0) is 43.7 Å². The smallest absolute Gasteiger partial charge is 0.338 e. The van der Waals surface area contributed by atoms with Gasteiger partial charge in [-0.1, -0.05) is 24.3 Å². The van der Waals surface area contributed by atoms with Crippen LogP contribution in [-0.4, -0.2) is 39.7 Å². The standard InChI is InChI=1S/C19H22N2O5S/c1-4-21(17-11-6-5-8-14(17)2)18(22)13-26-19(23)15-9-7-10-16(12-15)20-27(3,24)25/h5-12,20H,4,13H2,1-3H3. The predicted molar refractivity (Wildman–Crippen MR) is 104 cm³/mol. The van der Waals surface area contributed by atoms with E-state index >= 15 is 0 Å². The summed E-state index contributed by atoms with van der Waals surface area (Å²) in [6.07, 6.45) is 1.02. The number of anilines is 2.